The Balaban J connectivity index is 3.26. The predicted molar refractivity (Wildman–Crippen MR) is 54.8 cm³/mol. The number of carbonyl (C=O) groups is 1. The van der Waals surface area contributed by atoms with Crippen LogP contribution in [0.15, 0.2) is 12.3 Å². The van der Waals surface area contributed by atoms with Crippen LogP contribution in [0, 0.1) is 6.92 Å². The van der Waals surface area contributed by atoms with Crippen molar-refractivity contribution < 1.29 is 22.7 Å². The number of aromatic nitrogens is 1. The van der Waals surface area contributed by atoms with Crippen LogP contribution >= 0.6 is 0 Å². The number of halogens is 3. The highest BCUT2D eigenvalue weighted by Crippen LogP contribution is 2.30. The summed E-state index contributed by atoms with van der Waals surface area (Å²) >= 11 is 0. The van der Waals surface area contributed by atoms with Crippen LogP contribution in [0.3, 0.4) is 0 Å². The average molecular weight is 247 g/mol. The number of hydrogen-bond donors (Lipinski definition) is 0. The number of pyridine rings is 1. The molecule has 17 heavy (non-hydrogen) atoms. The number of ether oxygens (including phenoxy) is 1. The molecule has 1 rings (SSSR count). The number of carbonyl (C=O) groups excluding carboxylic acids is 1. The molecular weight excluding hydrogens is 235 g/mol. The molecule has 1 aromatic rings. The Bertz CT molecular complexity index is 421. The first-order chi connectivity index (χ1) is 7.92. The first-order valence-corrected chi connectivity index (χ1v) is 5.00. The van der Waals surface area contributed by atoms with E-state index in [4.69, 9.17) is 0 Å². The molecule has 0 aliphatic rings. The molecule has 6 heteroatoms. The zero-order chi connectivity index (χ0) is 13.1. The summed E-state index contributed by atoms with van der Waals surface area (Å²) in [6.07, 6.45) is 1.15. The lowest BCUT2D eigenvalue weighted by Crippen LogP contribution is -2.23. The van der Waals surface area contributed by atoms with Crippen LogP contribution < -0.4 is 0 Å². The van der Waals surface area contributed by atoms with E-state index in [0.717, 1.165) is 6.20 Å². The molecule has 0 saturated heterocycles. The van der Waals surface area contributed by atoms with E-state index in [-0.39, 0.29) is 6.61 Å². The molecule has 1 aromatic heterocycles. The highest BCUT2D eigenvalue weighted by atomic mass is 19.3. The number of rotatable bonds is 4. The fourth-order valence-corrected chi connectivity index (χ4v) is 1.29. The Labute approximate surface area is 96.6 Å². The summed E-state index contributed by atoms with van der Waals surface area (Å²) in [5, 5.41) is 0. The van der Waals surface area contributed by atoms with Gasteiger partial charge < -0.3 is 4.74 Å². The lowest BCUT2D eigenvalue weighted by molar-refractivity contribution is -0.0335. The van der Waals surface area contributed by atoms with Crippen molar-refractivity contribution in [2.24, 2.45) is 0 Å². The van der Waals surface area contributed by atoms with Gasteiger partial charge in [0.2, 0.25) is 0 Å². The third-order valence-corrected chi connectivity index (χ3v) is 2.03. The molecule has 0 saturated carbocycles. The Morgan fingerprint density at radius 2 is 2.18 bits per heavy atom. The van der Waals surface area contributed by atoms with Gasteiger partial charge in [-0.15, -0.1) is 0 Å². The first kappa shape index (κ1) is 13.5. The van der Waals surface area contributed by atoms with Crippen molar-refractivity contribution in [3.8, 4) is 0 Å². The lowest BCUT2D eigenvalue weighted by atomic mass is 10.1. The summed E-state index contributed by atoms with van der Waals surface area (Å²) in [6.45, 7) is 1.28. The zero-order valence-electron chi connectivity index (χ0n) is 9.47. The van der Waals surface area contributed by atoms with Gasteiger partial charge in [-0.25, -0.2) is 9.18 Å². The van der Waals surface area contributed by atoms with Crippen molar-refractivity contribution in [3.63, 3.8) is 0 Å². The molecule has 1 heterocycles. The van der Waals surface area contributed by atoms with Crippen LogP contribution in [0.1, 0.15) is 28.5 Å². The van der Waals surface area contributed by atoms with Gasteiger partial charge in [-0.05, 0) is 25.5 Å². The maximum atomic E-state index is 13.2. The molecule has 0 amide bonds. The van der Waals surface area contributed by atoms with Crippen LogP contribution in [0.2, 0.25) is 0 Å². The van der Waals surface area contributed by atoms with Gasteiger partial charge in [0, 0.05) is 6.20 Å². The van der Waals surface area contributed by atoms with E-state index in [9.17, 15) is 18.0 Å². The number of esters is 1. The molecule has 0 spiro atoms. The van der Waals surface area contributed by atoms with E-state index in [0.29, 0.717) is 5.56 Å². The summed E-state index contributed by atoms with van der Waals surface area (Å²) in [7, 11) is 0. The molecule has 0 fully saturated rings. The lowest BCUT2D eigenvalue weighted by Gasteiger charge is -2.15. The molecule has 0 aliphatic heterocycles. The molecule has 0 N–H and O–H groups in total. The largest absolute Gasteiger partial charge is 0.462 e. The van der Waals surface area contributed by atoms with Gasteiger partial charge in [-0.2, -0.15) is 8.78 Å². The van der Waals surface area contributed by atoms with Crippen molar-refractivity contribution in [2.45, 2.75) is 19.8 Å². The number of nitrogens with zero attached hydrogens (tertiary/aromatic N) is 1. The highest BCUT2D eigenvalue weighted by molar-refractivity contribution is 5.91. The van der Waals surface area contributed by atoms with E-state index in [1.807, 2.05) is 0 Å². The summed E-state index contributed by atoms with van der Waals surface area (Å²) in [6, 6.07) is 1.21. The second kappa shape index (κ2) is 5.16. The van der Waals surface area contributed by atoms with Gasteiger partial charge in [0.15, 0.2) is 6.67 Å². The van der Waals surface area contributed by atoms with Gasteiger partial charge in [-0.3, -0.25) is 4.98 Å². The van der Waals surface area contributed by atoms with Crippen molar-refractivity contribution in [2.75, 3.05) is 13.3 Å². The van der Waals surface area contributed by atoms with Crippen LogP contribution in [0.4, 0.5) is 13.2 Å². The van der Waals surface area contributed by atoms with Gasteiger partial charge >= 0.3 is 11.9 Å². The predicted octanol–water partition coefficient (Wildman–Crippen LogP) is 2.63. The molecular formula is C11H12F3NO2. The molecule has 0 aromatic carbocycles. The van der Waals surface area contributed by atoms with Crippen molar-refractivity contribution in [3.05, 3.63) is 29.1 Å². The average Bonchev–Trinajstić information content (AvgIpc) is 2.29. The maximum absolute atomic E-state index is 13.2. The van der Waals surface area contributed by atoms with E-state index in [1.165, 1.54) is 6.07 Å². The van der Waals surface area contributed by atoms with Crippen molar-refractivity contribution in [1.82, 2.24) is 4.98 Å². The monoisotopic (exact) mass is 247 g/mol. The van der Waals surface area contributed by atoms with E-state index >= 15 is 0 Å². The normalized spacial score (nSPS) is 11.4. The maximum Gasteiger partial charge on any atom is 0.340 e. The minimum atomic E-state index is -3.78. The Hall–Kier alpha value is -1.59. The fraction of sp³-hybridized carbons (Fsp3) is 0.455. The Kier molecular flexibility index (Phi) is 4.09. The molecule has 0 unspecified atom stereocenters. The van der Waals surface area contributed by atoms with Crippen molar-refractivity contribution >= 4 is 5.97 Å². The fourth-order valence-electron chi connectivity index (χ4n) is 1.29. The third-order valence-electron chi connectivity index (χ3n) is 2.03. The summed E-state index contributed by atoms with van der Waals surface area (Å²) in [5.41, 5.74) is -0.759. The molecule has 0 radical (unpaired) electrons. The second-order valence-electron chi connectivity index (χ2n) is 3.47. The standard InChI is InChI=1S/C11H12F3NO2/c1-3-17-10(16)8-4-7(2)5-15-9(8)11(13,14)6-12/h4-5H,3,6H2,1-2H3. The summed E-state index contributed by atoms with van der Waals surface area (Å²) in [5.74, 6) is -4.71. The van der Waals surface area contributed by atoms with Crippen LogP contribution in [-0.2, 0) is 10.7 Å². The zero-order valence-corrected chi connectivity index (χ0v) is 9.47. The molecule has 94 valence electrons. The molecule has 0 aliphatic carbocycles. The minimum Gasteiger partial charge on any atom is -0.462 e. The van der Waals surface area contributed by atoms with E-state index in [1.54, 1.807) is 13.8 Å². The third kappa shape index (κ3) is 2.95. The summed E-state index contributed by atoms with van der Waals surface area (Å²) < 4.78 is 43.3. The minimum absolute atomic E-state index is 0.0490. The topological polar surface area (TPSA) is 39.2 Å². The van der Waals surface area contributed by atoms with Gasteiger partial charge in [0.25, 0.3) is 0 Å². The second-order valence-corrected chi connectivity index (χ2v) is 3.47. The van der Waals surface area contributed by atoms with Crippen LogP contribution in [0.25, 0.3) is 0 Å². The smallest absolute Gasteiger partial charge is 0.340 e. The number of hydrogen-bond acceptors (Lipinski definition) is 3. The van der Waals surface area contributed by atoms with E-state index in [2.05, 4.69) is 9.72 Å². The molecule has 0 atom stereocenters. The van der Waals surface area contributed by atoms with E-state index < -0.39 is 29.8 Å². The summed E-state index contributed by atoms with van der Waals surface area (Å²) in [4.78, 5) is 14.9. The van der Waals surface area contributed by atoms with Crippen LogP contribution in [-0.4, -0.2) is 24.2 Å². The molecule has 0 bridgehead atoms. The van der Waals surface area contributed by atoms with Crippen molar-refractivity contribution in [1.29, 1.82) is 0 Å². The Morgan fingerprint density at radius 3 is 2.71 bits per heavy atom. The first-order valence-electron chi connectivity index (χ1n) is 5.00. The SMILES string of the molecule is CCOC(=O)c1cc(C)cnc1C(F)(F)CF. The Morgan fingerprint density at radius 1 is 1.53 bits per heavy atom. The molecule has 3 nitrogen and oxygen atoms in total. The van der Waals surface area contributed by atoms with Gasteiger partial charge in [0.1, 0.15) is 5.69 Å². The van der Waals surface area contributed by atoms with Crippen LogP contribution in [0.5, 0.6) is 0 Å². The number of aryl methyl sites for hydroxylation is 1. The highest BCUT2D eigenvalue weighted by Gasteiger charge is 2.38. The number of alkyl halides is 3. The quantitative estimate of drug-likeness (QED) is 0.768. The van der Waals surface area contributed by atoms with Gasteiger partial charge in [0.05, 0.1) is 12.2 Å². The van der Waals surface area contributed by atoms with Gasteiger partial charge in [-0.1, -0.05) is 0 Å².